The maximum Gasteiger partial charge on any atom is 0.0440 e. The highest BCUT2D eigenvalue weighted by Crippen LogP contribution is 2.35. The van der Waals surface area contributed by atoms with Crippen LogP contribution in [-0.4, -0.2) is 17.8 Å². The Morgan fingerprint density at radius 3 is 2.31 bits per heavy atom. The first-order valence-corrected chi connectivity index (χ1v) is 6.09. The number of hydrogen-bond donors (Lipinski definition) is 2. The Balaban J connectivity index is 3.10. The number of rotatable bonds is 6. The van der Waals surface area contributed by atoms with Crippen LogP contribution in [0.15, 0.2) is 30.3 Å². The minimum atomic E-state index is -0.0786. The van der Waals surface area contributed by atoms with E-state index in [4.69, 9.17) is 5.73 Å². The van der Waals surface area contributed by atoms with Gasteiger partial charge in [0.15, 0.2) is 0 Å². The second-order valence-corrected chi connectivity index (χ2v) is 4.53. The van der Waals surface area contributed by atoms with Crippen LogP contribution in [0.1, 0.15) is 38.7 Å². The maximum atomic E-state index is 9.28. The zero-order chi connectivity index (χ0) is 12.0. The van der Waals surface area contributed by atoms with Gasteiger partial charge in [0.25, 0.3) is 0 Å². The first-order valence-electron chi connectivity index (χ1n) is 6.09. The zero-order valence-corrected chi connectivity index (χ0v) is 10.3. The van der Waals surface area contributed by atoms with E-state index in [9.17, 15) is 5.11 Å². The molecular weight excluding hydrogens is 198 g/mol. The Labute approximate surface area is 98.5 Å². The summed E-state index contributed by atoms with van der Waals surface area (Å²) in [6.45, 7) is 4.40. The third kappa shape index (κ3) is 2.63. The molecule has 0 spiro atoms. The van der Waals surface area contributed by atoms with Crippen LogP contribution in [0.25, 0.3) is 0 Å². The van der Waals surface area contributed by atoms with E-state index in [1.807, 2.05) is 25.1 Å². The molecule has 2 nitrogen and oxygen atoms in total. The van der Waals surface area contributed by atoms with Crippen molar-refractivity contribution in [3.05, 3.63) is 35.9 Å². The minimum absolute atomic E-state index is 0.0574. The van der Waals surface area contributed by atoms with Crippen molar-refractivity contribution < 1.29 is 5.11 Å². The third-order valence-electron chi connectivity index (χ3n) is 3.47. The van der Waals surface area contributed by atoms with Gasteiger partial charge in [-0.3, -0.25) is 0 Å². The molecule has 0 aliphatic heterocycles. The number of nitrogens with two attached hydrogens (primary N) is 1. The van der Waals surface area contributed by atoms with Gasteiger partial charge >= 0.3 is 0 Å². The van der Waals surface area contributed by atoms with Gasteiger partial charge in [-0.1, -0.05) is 43.7 Å². The van der Waals surface area contributed by atoms with Crippen LogP contribution >= 0.6 is 0 Å². The molecule has 90 valence electrons. The Morgan fingerprint density at radius 2 is 1.88 bits per heavy atom. The molecular formula is C14H23NO. The molecule has 2 atom stereocenters. The molecule has 1 aromatic carbocycles. The van der Waals surface area contributed by atoms with Crippen LogP contribution in [0.2, 0.25) is 0 Å². The van der Waals surface area contributed by atoms with Crippen LogP contribution in [0, 0.1) is 0 Å². The molecule has 16 heavy (non-hydrogen) atoms. The summed E-state index contributed by atoms with van der Waals surface area (Å²) in [5.41, 5.74) is 7.34. The largest absolute Gasteiger partial charge is 0.396 e. The summed E-state index contributed by atoms with van der Waals surface area (Å²) in [5.74, 6) is 0. The summed E-state index contributed by atoms with van der Waals surface area (Å²) < 4.78 is 0. The first-order chi connectivity index (χ1) is 7.67. The van der Waals surface area contributed by atoms with E-state index in [2.05, 4.69) is 19.1 Å². The molecule has 0 saturated heterocycles. The number of hydrogen-bond acceptors (Lipinski definition) is 2. The van der Waals surface area contributed by atoms with Crippen LogP contribution in [-0.2, 0) is 5.41 Å². The second-order valence-electron chi connectivity index (χ2n) is 4.53. The second kappa shape index (κ2) is 6.02. The average Bonchev–Trinajstić information content (AvgIpc) is 2.29. The highest BCUT2D eigenvalue weighted by molar-refractivity contribution is 5.27. The van der Waals surface area contributed by atoms with Crippen LogP contribution < -0.4 is 5.73 Å². The molecule has 1 rings (SSSR count). The van der Waals surface area contributed by atoms with Gasteiger partial charge in [-0.05, 0) is 25.3 Å². The standard InChI is InChI=1S/C14H23NO/c1-3-9-14(10-11-16,12(2)15)13-7-5-4-6-8-13/h4-8,12,16H,3,9-11,15H2,1-2H3. The highest BCUT2D eigenvalue weighted by atomic mass is 16.3. The Kier molecular flexibility index (Phi) is 4.97. The topological polar surface area (TPSA) is 46.2 Å². The molecule has 0 radical (unpaired) electrons. The molecule has 0 bridgehead atoms. The Hall–Kier alpha value is -0.860. The predicted molar refractivity (Wildman–Crippen MR) is 68.4 cm³/mol. The van der Waals surface area contributed by atoms with Crippen LogP contribution in [0.3, 0.4) is 0 Å². The van der Waals surface area contributed by atoms with Crippen molar-refractivity contribution in [3.63, 3.8) is 0 Å². The lowest BCUT2D eigenvalue weighted by atomic mass is 9.69. The molecule has 0 aliphatic carbocycles. The molecule has 0 aromatic heterocycles. The van der Waals surface area contributed by atoms with E-state index in [1.165, 1.54) is 5.56 Å². The molecule has 0 saturated carbocycles. The smallest absolute Gasteiger partial charge is 0.0440 e. The summed E-state index contributed by atoms with van der Waals surface area (Å²) in [6, 6.07) is 10.4. The highest BCUT2D eigenvalue weighted by Gasteiger charge is 2.34. The van der Waals surface area contributed by atoms with Gasteiger partial charge in [-0.2, -0.15) is 0 Å². The molecule has 0 fully saturated rings. The fourth-order valence-corrected chi connectivity index (χ4v) is 2.55. The predicted octanol–water partition coefficient (Wildman–Crippen LogP) is 2.45. The summed E-state index contributed by atoms with van der Waals surface area (Å²) in [5, 5.41) is 9.28. The van der Waals surface area contributed by atoms with E-state index in [0.717, 1.165) is 19.3 Å². The summed E-state index contributed by atoms with van der Waals surface area (Å²) >= 11 is 0. The SMILES string of the molecule is CCCC(CCO)(c1ccccc1)C(C)N. The molecule has 0 amide bonds. The number of benzene rings is 1. The van der Waals surface area contributed by atoms with Crippen molar-refractivity contribution in [1.82, 2.24) is 0 Å². The molecule has 0 aliphatic rings. The van der Waals surface area contributed by atoms with Gasteiger partial charge < -0.3 is 10.8 Å². The van der Waals surface area contributed by atoms with Crippen LogP contribution in [0.5, 0.6) is 0 Å². The van der Waals surface area contributed by atoms with Crippen molar-refractivity contribution in [3.8, 4) is 0 Å². The summed E-state index contributed by atoms with van der Waals surface area (Å²) in [4.78, 5) is 0. The van der Waals surface area contributed by atoms with Gasteiger partial charge in [-0.25, -0.2) is 0 Å². The normalized spacial score (nSPS) is 16.8. The van der Waals surface area contributed by atoms with Crippen molar-refractivity contribution >= 4 is 0 Å². The maximum absolute atomic E-state index is 9.28. The van der Waals surface area contributed by atoms with Gasteiger partial charge in [0.2, 0.25) is 0 Å². The van der Waals surface area contributed by atoms with E-state index >= 15 is 0 Å². The lowest BCUT2D eigenvalue weighted by Crippen LogP contribution is -2.44. The molecule has 2 heteroatoms. The first kappa shape index (κ1) is 13.2. The fraction of sp³-hybridized carbons (Fsp3) is 0.571. The Bertz CT molecular complexity index is 289. The van der Waals surface area contributed by atoms with Crippen molar-refractivity contribution in [2.45, 2.75) is 44.6 Å². The summed E-state index contributed by atoms with van der Waals surface area (Å²) in [6.07, 6.45) is 2.84. The van der Waals surface area contributed by atoms with Crippen LogP contribution in [0.4, 0.5) is 0 Å². The zero-order valence-electron chi connectivity index (χ0n) is 10.3. The fourth-order valence-electron chi connectivity index (χ4n) is 2.55. The lowest BCUT2D eigenvalue weighted by molar-refractivity contribution is 0.208. The monoisotopic (exact) mass is 221 g/mol. The number of aliphatic hydroxyl groups is 1. The van der Waals surface area contributed by atoms with E-state index in [1.54, 1.807) is 0 Å². The lowest BCUT2D eigenvalue weighted by Gasteiger charge is -2.37. The molecule has 0 heterocycles. The van der Waals surface area contributed by atoms with E-state index in [0.29, 0.717) is 0 Å². The van der Waals surface area contributed by atoms with E-state index in [-0.39, 0.29) is 18.1 Å². The third-order valence-corrected chi connectivity index (χ3v) is 3.47. The summed E-state index contributed by atoms with van der Waals surface area (Å²) in [7, 11) is 0. The van der Waals surface area contributed by atoms with Crippen molar-refractivity contribution in [1.29, 1.82) is 0 Å². The van der Waals surface area contributed by atoms with Crippen molar-refractivity contribution in [2.24, 2.45) is 5.73 Å². The van der Waals surface area contributed by atoms with Gasteiger partial charge in [0.05, 0.1) is 0 Å². The van der Waals surface area contributed by atoms with E-state index < -0.39 is 0 Å². The Morgan fingerprint density at radius 1 is 1.25 bits per heavy atom. The van der Waals surface area contributed by atoms with Crippen molar-refractivity contribution in [2.75, 3.05) is 6.61 Å². The minimum Gasteiger partial charge on any atom is -0.396 e. The van der Waals surface area contributed by atoms with Gasteiger partial charge in [0.1, 0.15) is 0 Å². The molecule has 1 aromatic rings. The molecule has 3 N–H and O–H groups in total. The molecule has 2 unspecified atom stereocenters. The quantitative estimate of drug-likeness (QED) is 0.775. The van der Waals surface area contributed by atoms with Gasteiger partial charge in [-0.15, -0.1) is 0 Å². The van der Waals surface area contributed by atoms with Gasteiger partial charge in [0, 0.05) is 18.1 Å². The average molecular weight is 221 g/mol. The number of aliphatic hydroxyl groups excluding tert-OH is 1.